The predicted octanol–water partition coefficient (Wildman–Crippen LogP) is 3.68. The van der Waals surface area contributed by atoms with E-state index >= 15 is 0 Å². The number of hydrogen-bond acceptors (Lipinski definition) is 4. The zero-order valence-electron chi connectivity index (χ0n) is 14.1. The fourth-order valence-corrected chi connectivity index (χ4v) is 2.58. The molecule has 0 saturated heterocycles. The molecule has 130 valence electrons. The number of rotatable bonds is 10. The summed E-state index contributed by atoms with van der Waals surface area (Å²) in [6.45, 7) is 9.16. The molecule has 1 rings (SSSR count). The lowest BCUT2D eigenvalue weighted by Crippen LogP contribution is -2.23. The second-order valence-electron chi connectivity index (χ2n) is 6.34. The molecule has 0 amide bonds. The summed E-state index contributed by atoms with van der Waals surface area (Å²) in [5, 5.41) is 9.24. The summed E-state index contributed by atoms with van der Waals surface area (Å²) in [6.07, 6.45) is -1.41. The normalized spacial score (nSPS) is 12.9. The number of hydrogen-bond donors (Lipinski definition) is 1. The highest BCUT2D eigenvalue weighted by Crippen LogP contribution is 2.25. The van der Waals surface area contributed by atoms with Crippen LogP contribution in [0, 0.1) is 5.82 Å². The van der Waals surface area contributed by atoms with Gasteiger partial charge < -0.3 is 19.3 Å². The molecule has 0 unspecified atom stereocenters. The van der Waals surface area contributed by atoms with Crippen LogP contribution in [0.2, 0.25) is 25.7 Å². The van der Waals surface area contributed by atoms with Crippen LogP contribution in [0.5, 0.6) is 5.75 Å². The van der Waals surface area contributed by atoms with E-state index < -0.39 is 26.0 Å². The molecule has 0 aliphatic carbocycles. The van der Waals surface area contributed by atoms with Gasteiger partial charge in [0.15, 0.2) is 6.10 Å². The van der Waals surface area contributed by atoms with Crippen molar-refractivity contribution in [2.24, 2.45) is 0 Å². The number of ether oxygens (including phenoxy) is 3. The van der Waals surface area contributed by atoms with Crippen molar-refractivity contribution in [3.63, 3.8) is 0 Å². The standard InChI is InChI=1S/C16H25FO5Si/c1-5-21-12-6-7-13(14(17)10-12)15(16(18)19)22-11-20-8-9-23(2,3)4/h6-7,10,15H,5,8-9,11H2,1-4H3,(H,18,19)/t15-/m0/s1. The van der Waals surface area contributed by atoms with Crippen LogP contribution < -0.4 is 4.74 Å². The molecule has 1 aromatic carbocycles. The maximum atomic E-state index is 14.1. The molecule has 0 heterocycles. The number of aliphatic carboxylic acids is 1. The van der Waals surface area contributed by atoms with Gasteiger partial charge in [-0.2, -0.15) is 0 Å². The van der Waals surface area contributed by atoms with Crippen LogP contribution in [0.15, 0.2) is 18.2 Å². The summed E-state index contributed by atoms with van der Waals surface area (Å²) in [4.78, 5) is 11.3. The Morgan fingerprint density at radius 2 is 2.04 bits per heavy atom. The molecule has 1 atom stereocenters. The van der Waals surface area contributed by atoms with E-state index in [1.807, 2.05) is 0 Å². The monoisotopic (exact) mass is 344 g/mol. The van der Waals surface area contributed by atoms with Gasteiger partial charge in [-0.3, -0.25) is 0 Å². The van der Waals surface area contributed by atoms with E-state index in [0.29, 0.717) is 19.0 Å². The molecule has 23 heavy (non-hydrogen) atoms. The number of carboxylic acids is 1. The van der Waals surface area contributed by atoms with Gasteiger partial charge in [0, 0.05) is 26.3 Å². The van der Waals surface area contributed by atoms with Crippen molar-refractivity contribution in [3.8, 4) is 5.75 Å². The topological polar surface area (TPSA) is 65.0 Å². The van der Waals surface area contributed by atoms with Crippen LogP contribution in [-0.2, 0) is 14.3 Å². The largest absolute Gasteiger partial charge is 0.494 e. The molecule has 0 aromatic heterocycles. The fourth-order valence-electron chi connectivity index (χ4n) is 1.82. The lowest BCUT2D eigenvalue weighted by Gasteiger charge is -2.18. The van der Waals surface area contributed by atoms with E-state index in [1.54, 1.807) is 6.92 Å². The number of benzene rings is 1. The molecule has 0 radical (unpaired) electrons. The summed E-state index contributed by atoms with van der Waals surface area (Å²) in [5.74, 6) is -1.59. The number of carbonyl (C=O) groups is 1. The maximum absolute atomic E-state index is 14.1. The molecule has 0 saturated carbocycles. The van der Waals surface area contributed by atoms with E-state index in [-0.39, 0.29) is 12.4 Å². The molecule has 0 spiro atoms. The van der Waals surface area contributed by atoms with Crippen LogP contribution in [0.1, 0.15) is 18.6 Å². The van der Waals surface area contributed by atoms with Crippen molar-refractivity contribution in [3.05, 3.63) is 29.6 Å². The predicted molar refractivity (Wildman–Crippen MR) is 88.0 cm³/mol. The van der Waals surface area contributed by atoms with Gasteiger partial charge in [0.1, 0.15) is 18.4 Å². The van der Waals surface area contributed by atoms with E-state index in [1.165, 1.54) is 12.1 Å². The van der Waals surface area contributed by atoms with Gasteiger partial charge in [0.05, 0.1) is 6.61 Å². The third-order valence-corrected chi connectivity index (χ3v) is 4.81. The molecule has 1 N–H and O–H groups in total. The SMILES string of the molecule is CCOc1ccc([C@H](OCOCC[Si](C)(C)C)C(=O)O)c(F)c1. The average Bonchev–Trinajstić information content (AvgIpc) is 2.43. The van der Waals surface area contributed by atoms with Crippen LogP contribution >= 0.6 is 0 Å². The van der Waals surface area contributed by atoms with Crippen LogP contribution in [-0.4, -0.2) is 39.2 Å². The van der Waals surface area contributed by atoms with Crippen LogP contribution in [0.4, 0.5) is 4.39 Å². The van der Waals surface area contributed by atoms with Gasteiger partial charge in [-0.15, -0.1) is 0 Å². The van der Waals surface area contributed by atoms with E-state index in [9.17, 15) is 14.3 Å². The smallest absolute Gasteiger partial charge is 0.337 e. The Hall–Kier alpha value is -1.44. The first-order chi connectivity index (χ1) is 10.7. The molecule has 7 heteroatoms. The molecular weight excluding hydrogens is 319 g/mol. The highest BCUT2D eigenvalue weighted by molar-refractivity contribution is 6.76. The molecular formula is C16H25FO5Si. The van der Waals surface area contributed by atoms with Crippen molar-refractivity contribution in [1.82, 2.24) is 0 Å². The summed E-state index contributed by atoms with van der Waals surface area (Å²) in [6, 6.07) is 4.99. The summed E-state index contributed by atoms with van der Waals surface area (Å²) >= 11 is 0. The van der Waals surface area contributed by atoms with Crippen LogP contribution in [0.3, 0.4) is 0 Å². The Morgan fingerprint density at radius 3 is 2.57 bits per heavy atom. The molecule has 0 bridgehead atoms. The Morgan fingerprint density at radius 1 is 1.35 bits per heavy atom. The highest BCUT2D eigenvalue weighted by atomic mass is 28.3. The molecule has 0 aliphatic heterocycles. The Labute approximate surface area is 137 Å². The summed E-state index contributed by atoms with van der Waals surface area (Å²) in [7, 11) is -1.21. The van der Waals surface area contributed by atoms with E-state index in [2.05, 4.69) is 19.6 Å². The highest BCUT2D eigenvalue weighted by Gasteiger charge is 2.24. The second kappa shape index (κ2) is 9.00. The van der Waals surface area contributed by atoms with Gasteiger partial charge in [-0.1, -0.05) is 19.6 Å². The van der Waals surface area contributed by atoms with Gasteiger partial charge in [-0.25, -0.2) is 9.18 Å². The van der Waals surface area contributed by atoms with E-state index in [0.717, 1.165) is 12.1 Å². The van der Waals surface area contributed by atoms with E-state index in [4.69, 9.17) is 14.2 Å². The third-order valence-electron chi connectivity index (χ3n) is 3.10. The van der Waals surface area contributed by atoms with Crippen molar-refractivity contribution in [1.29, 1.82) is 0 Å². The molecule has 1 aromatic rings. The lowest BCUT2D eigenvalue weighted by atomic mass is 10.1. The molecule has 5 nitrogen and oxygen atoms in total. The third kappa shape index (κ3) is 7.11. The van der Waals surface area contributed by atoms with Crippen LogP contribution in [0.25, 0.3) is 0 Å². The zero-order valence-corrected chi connectivity index (χ0v) is 15.1. The number of carboxylic acid groups (broad SMARTS) is 1. The zero-order chi connectivity index (χ0) is 17.5. The minimum Gasteiger partial charge on any atom is -0.494 e. The first-order valence-electron chi connectivity index (χ1n) is 7.59. The quantitative estimate of drug-likeness (QED) is 0.398. The first-order valence-corrected chi connectivity index (χ1v) is 11.3. The number of halogens is 1. The Kier molecular flexibility index (Phi) is 7.67. The van der Waals surface area contributed by atoms with Crippen molar-refractivity contribution >= 4 is 14.0 Å². The average molecular weight is 344 g/mol. The van der Waals surface area contributed by atoms with Gasteiger partial charge in [0.25, 0.3) is 0 Å². The Bertz CT molecular complexity index is 516. The van der Waals surface area contributed by atoms with Crippen molar-refractivity contribution in [2.45, 2.75) is 38.7 Å². The molecule has 0 aliphatic rings. The maximum Gasteiger partial charge on any atom is 0.337 e. The molecule has 0 fully saturated rings. The second-order valence-corrected chi connectivity index (χ2v) is 12.0. The summed E-state index contributed by atoms with van der Waals surface area (Å²) in [5.41, 5.74) is -0.0465. The Balaban J connectivity index is 2.63. The minimum absolute atomic E-state index is 0.0465. The summed E-state index contributed by atoms with van der Waals surface area (Å²) < 4.78 is 29.7. The van der Waals surface area contributed by atoms with Gasteiger partial charge >= 0.3 is 5.97 Å². The van der Waals surface area contributed by atoms with Gasteiger partial charge in [0.2, 0.25) is 0 Å². The first kappa shape index (κ1) is 19.6. The van der Waals surface area contributed by atoms with Gasteiger partial charge in [-0.05, 0) is 25.1 Å². The van der Waals surface area contributed by atoms with Crippen molar-refractivity contribution in [2.75, 3.05) is 20.0 Å². The lowest BCUT2D eigenvalue weighted by molar-refractivity contribution is -0.161. The minimum atomic E-state index is -1.41. The van der Waals surface area contributed by atoms with Crippen molar-refractivity contribution < 1.29 is 28.5 Å². The fraction of sp³-hybridized carbons (Fsp3) is 0.562.